The van der Waals surface area contributed by atoms with Crippen LogP contribution in [-0.4, -0.2) is 21.4 Å². The van der Waals surface area contributed by atoms with Gasteiger partial charge in [0.1, 0.15) is 0 Å². The number of rotatable bonds is 7. The Bertz CT molecular complexity index is 1290. The predicted molar refractivity (Wildman–Crippen MR) is 134 cm³/mol. The SMILES string of the molecule is O=C(CSc1nn(-c2ccc(Cl)cc2)c(=S)s1)Nc1ccc(N=Nc2ccccc2)cc1. The van der Waals surface area contributed by atoms with Gasteiger partial charge in [-0.1, -0.05) is 52.9 Å². The molecule has 4 rings (SSSR count). The molecule has 1 aromatic heterocycles. The Kier molecular flexibility index (Phi) is 7.43. The molecule has 4 aromatic rings. The number of hydrogen-bond donors (Lipinski definition) is 1. The number of carbonyl (C=O) groups is 1. The van der Waals surface area contributed by atoms with Crippen molar-refractivity contribution < 1.29 is 4.79 Å². The summed E-state index contributed by atoms with van der Waals surface area (Å²) in [6.45, 7) is 0. The normalized spacial score (nSPS) is 11.0. The Balaban J connectivity index is 1.31. The number of nitrogens with zero attached hydrogens (tertiary/aromatic N) is 4. The third-order valence-electron chi connectivity index (χ3n) is 4.12. The van der Waals surface area contributed by atoms with Gasteiger partial charge in [0.2, 0.25) is 5.91 Å². The molecule has 0 saturated carbocycles. The van der Waals surface area contributed by atoms with Crippen LogP contribution in [0.3, 0.4) is 0 Å². The predicted octanol–water partition coefficient (Wildman–Crippen LogP) is 7.46. The molecule has 0 unspecified atom stereocenters. The summed E-state index contributed by atoms with van der Waals surface area (Å²) in [7, 11) is 0. The van der Waals surface area contributed by atoms with Gasteiger partial charge in [-0.2, -0.15) is 10.2 Å². The van der Waals surface area contributed by atoms with Gasteiger partial charge in [0.15, 0.2) is 8.29 Å². The van der Waals surface area contributed by atoms with Gasteiger partial charge in [-0.15, -0.1) is 5.10 Å². The van der Waals surface area contributed by atoms with Gasteiger partial charge in [0.25, 0.3) is 0 Å². The number of amides is 1. The summed E-state index contributed by atoms with van der Waals surface area (Å²) in [6.07, 6.45) is 0. The van der Waals surface area contributed by atoms with Crippen LogP contribution in [0.1, 0.15) is 0 Å². The number of carbonyl (C=O) groups excluding carboxylic acids is 1. The van der Waals surface area contributed by atoms with Crippen molar-refractivity contribution in [2.24, 2.45) is 10.2 Å². The molecular weight excluding hydrogens is 482 g/mol. The average Bonchev–Trinajstić information content (AvgIpc) is 3.19. The van der Waals surface area contributed by atoms with E-state index in [2.05, 4.69) is 20.6 Å². The van der Waals surface area contributed by atoms with E-state index in [4.69, 9.17) is 23.8 Å². The molecule has 0 aliphatic heterocycles. The van der Waals surface area contributed by atoms with Crippen molar-refractivity contribution in [2.45, 2.75) is 4.34 Å². The maximum Gasteiger partial charge on any atom is 0.234 e. The molecule has 0 saturated heterocycles. The Morgan fingerprint density at radius 3 is 2.34 bits per heavy atom. The lowest BCUT2D eigenvalue weighted by Crippen LogP contribution is -2.13. The van der Waals surface area contributed by atoms with Crippen molar-refractivity contribution in [1.29, 1.82) is 0 Å². The van der Waals surface area contributed by atoms with E-state index in [9.17, 15) is 4.79 Å². The lowest BCUT2D eigenvalue weighted by Gasteiger charge is -2.04. The second-order valence-electron chi connectivity index (χ2n) is 6.44. The fourth-order valence-electron chi connectivity index (χ4n) is 2.61. The van der Waals surface area contributed by atoms with E-state index >= 15 is 0 Å². The molecule has 0 fully saturated rings. The van der Waals surface area contributed by atoms with Crippen molar-refractivity contribution in [3.63, 3.8) is 0 Å². The Morgan fingerprint density at radius 1 is 1.00 bits per heavy atom. The molecule has 32 heavy (non-hydrogen) atoms. The summed E-state index contributed by atoms with van der Waals surface area (Å²) in [5, 5.41) is 16.4. The van der Waals surface area contributed by atoms with E-state index in [0.29, 0.717) is 20.4 Å². The molecule has 0 bridgehead atoms. The highest BCUT2D eigenvalue weighted by molar-refractivity contribution is 8.01. The maximum atomic E-state index is 12.3. The van der Waals surface area contributed by atoms with Crippen LogP contribution >= 0.6 is 46.9 Å². The van der Waals surface area contributed by atoms with E-state index in [1.54, 1.807) is 41.1 Å². The molecule has 0 radical (unpaired) electrons. The molecule has 0 aliphatic carbocycles. The number of benzene rings is 3. The molecule has 0 spiro atoms. The van der Waals surface area contributed by atoms with Gasteiger partial charge >= 0.3 is 0 Å². The van der Waals surface area contributed by atoms with Crippen molar-refractivity contribution >= 4 is 69.9 Å². The molecule has 0 atom stereocenters. The fourth-order valence-corrected chi connectivity index (χ4v) is 4.90. The van der Waals surface area contributed by atoms with Crippen LogP contribution in [-0.2, 0) is 4.79 Å². The van der Waals surface area contributed by atoms with Gasteiger partial charge in [0.05, 0.1) is 22.8 Å². The summed E-state index contributed by atoms with van der Waals surface area (Å²) in [5.74, 6) is 0.0890. The minimum Gasteiger partial charge on any atom is -0.325 e. The van der Waals surface area contributed by atoms with Crippen LogP contribution in [0.15, 0.2) is 93.4 Å². The van der Waals surface area contributed by atoms with Gasteiger partial charge in [0, 0.05) is 10.7 Å². The Hall–Kier alpha value is -2.85. The van der Waals surface area contributed by atoms with Crippen molar-refractivity contribution in [3.05, 3.63) is 87.8 Å². The van der Waals surface area contributed by atoms with E-state index in [-0.39, 0.29) is 11.7 Å². The van der Waals surface area contributed by atoms with E-state index in [1.165, 1.54) is 23.1 Å². The van der Waals surface area contributed by atoms with Crippen LogP contribution in [0.4, 0.5) is 17.1 Å². The third kappa shape index (κ3) is 6.10. The molecule has 10 heteroatoms. The highest BCUT2D eigenvalue weighted by Crippen LogP contribution is 2.25. The zero-order valence-corrected chi connectivity index (χ0v) is 19.7. The first-order valence-corrected chi connectivity index (χ1v) is 12.0. The average molecular weight is 498 g/mol. The van der Waals surface area contributed by atoms with E-state index in [0.717, 1.165) is 15.7 Å². The smallest absolute Gasteiger partial charge is 0.234 e. The largest absolute Gasteiger partial charge is 0.325 e. The Morgan fingerprint density at radius 2 is 1.66 bits per heavy atom. The van der Waals surface area contributed by atoms with Crippen molar-refractivity contribution in [3.8, 4) is 5.69 Å². The van der Waals surface area contributed by atoms with Crippen LogP contribution in [0.25, 0.3) is 5.69 Å². The van der Waals surface area contributed by atoms with Gasteiger partial charge in [-0.25, -0.2) is 4.68 Å². The molecule has 1 N–H and O–H groups in total. The number of hydrogen-bond acceptors (Lipinski definition) is 7. The summed E-state index contributed by atoms with van der Waals surface area (Å²) < 4.78 is 2.99. The van der Waals surface area contributed by atoms with E-state index < -0.39 is 0 Å². The first-order valence-electron chi connectivity index (χ1n) is 9.42. The molecule has 1 heterocycles. The number of anilines is 1. The fraction of sp³-hybridized carbons (Fsp3) is 0.0455. The second-order valence-corrected chi connectivity index (χ2v) is 9.72. The lowest BCUT2D eigenvalue weighted by atomic mass is 10.3. The summed E-state index contributed by atoms with van der Waals surface area (Å²) in [5.41, 5.74) is 3.00. The minimum absolute atomic E-state index is 0.132. The van der Waals surface area contributed by atoms with Crippen LogP contribution in [0, 0.1) is 3.95 Å². The summed E-state index contributed by atoms with van der Waals surface area (Å²) >= 11 is 14.0. The monoisotopic (exact) mass is 497 g/mol. The number of aromatic nitrogens is 2. The first kappa shape index (κ1) is 22.3. The topological polar surface area (TPSA) is 71.6 Å². The molecule has 3 aromatic carbocycles. The third-order valence-corrected chi connectivity index (χ3v) is 6.73. The zero-order chi connectivity index (χ0) is 22.3. The van der Waals surface area contributed by atoms with Crippen LogP contribution in [0.2, 0.25) is 5.02 Å². The highest BCUT2D eigenvalue weighted by Gasteiger charge is 2.10. The maximum absolute atomic E-state index is 12.3. The number of thioether (sulfide) groups is 1. The molecule has 0 aliphatic rings. The lowest BCUT2D eigenvalue weighted by molar-refractivity contribution is -0.113. The Labute approximate surface area is 203 Å². The summed E-state index contributed by atoms with van der Waals surface area (Å²) in [4.78, 5) is 12.3. The first-order chi connectivity index (χ1) is 15.6. The van der Waals surface area contributed by atoms with Gasteiger partial charge in [-0.05, 0) is 72.9 Å². The molecule has 160 valence electrons. The quantitative estimate of drug-likeness (QED) is 0.163. The van der Waals surface area contributed by atoms with Crippen molar-refractivity contribution in [2.75, 3.05) is 11.1 Å². The minimum atomic E-state index is -0.132. The summed E-state index contributed by atoms with van der Waals surface area (Å²) in [6, 6.07) is 24.0. The van der Waals surface area contributed by atoms with Crippen LogP contribution in [0.5, 0.6) is 0 Å². The molecular formula is C22H16ClN5OS3. The van der Waals surface area contributed by atoms with Crippen LogP contribution < -0.4 is 5.32 Å². The standard InChI is InChI=1S/C22H16ClN5OS3/c23-15-6-12-19(13-7-15)28-22(30)32-21(27-28)31-14-20(29)24-16-8-10-18(11-9-16)26-25-17-4-2-1-3-5-17/h1-13H,14H2,(H,24,29). The molecule has 1 amide bonds. The molecule has 6 nitrogen and oxygen atoms in total. The second kappa shape index (κ2) is 10.6. The number of halogens is 1. The van der Waals surface area contributed by atoms with E-state index in [1.807, 2.05) is 42.5 Å². The zero-order valence-electron chi connectivity index (χ0n) is 16.5. The number of nitrogens with one attached hydrogen (secondary N) is 1. The van der Waals surface area contributed by atoms with Gasteiger partial charge in [-0.3, -0.25) is 4.79 Å². The highest BCUT2D eigenvalue weighted by atomic mass is 35.5. The van der Waals surface area contributed by atoms with Crippen molar-refractivity contribution in [1.82, 2.24) is 9.78 Å². The van der Waals surface area contributed by atoms with Gasteiger partial charge < -0.3 is 5.32 Å². The number of azo groups is 1.